The van der Waals surface area contributed by atoms with Crippen LogP contribution in [-0.2, 0) is 38.2 Å². The van der Waals surface area contributed by atoms with Crippen molar-refractivity contribution in [3.05, 3.63) is 0 Å². The van der Waals surface area contributed by atoms with Gasteiger partial charge in [-0.2, -0.15) is 12.6 Å². The van der Waals surface area contributed by atoms with Crippen LogP contribution in [0.3, 0.4) is 0 Å². The number of primary amides is 1. The number of amides is 5. The lowest BCUT2D eigenvalue weighted by Gasteiger charge is -2.30. The van der Waals surface area contributed by atoms with E-state index in [0.717, 1.165) is 0 Å². The lowest BCUT2D eigenvalue weighted by Crippen LogP contribution is -2.58. The van der Waals surface area contributed by atoms with Crippen LogP contribution >= 0.6 is 12.6 Å². The van der Waals surface area contributed by atoms with Gasteiger partial charge in [0.1, 0.15) is 29.8 Å². The quantitative estimate of drug-likeness (QED) is 0.0831. The number of esters is 1. The second kappa shape index (κ2) is 16.1. The van der Waals surface area contributed by atoms with Gasteiger partial charge in [-0.05, 0) is 46.0 Å². The first-order chi connectivity index (χ1) is 19.0. The first-order valence-electron chi connectivity index (χ1n) is 13.2. The summed E-state index contributed by atoms with van der Waals surface area (Å²) in [6, 6.07) is -4.76. The minimum atomic E-state index is -1.65. The first kappa shape index (κ1) is 35.6. The van der Waals surface area contributed by atoms with E-state index >= 15 is 0 Å². The number of carbonyl (C=O) groups is 7. The lowest BCUT2D eigenvalue weighted by atomic mass is 10.0. The molecule has 1 rings (SSSR count). The number of hydrogen-bond acceptors (Lipinski definition) is 11. The average molecular weight is 603 g/mol. The van der Waals surface area contributed by atoms with Gasteiger partial charge in [0.15, 0.2) is 0 Å². The summed E-state index contributed by atoms with van der Waals surface area (Å²) in [5, 5.41) is 7.35. The number of thiol groups is 1. The molecule has 4 atom stereocenters. The van der Waals surface area contributed by atoms with Gasteiger partial charge >= 0.3 is 12.1 Å². The SMILES string of the molecule is CC(C)C[C@@H](NC(=O)CN)C(=O)N1CCC[C@H]1C(=O)N[C@H](CS)C(=O)N[C@@H](CC(N)=O)C(=O)OC(=O)OC(C)(C)C. The predicted molar refractivity (Wildman–Crippen MR) is 149 cm³/mol. The van der Waals surface area contributed by atoms with Crippen molar-refractivity contribution in [3.63, 3.8) is 0 Å². The Morgan fingerprint density at radius 1 is 1.00 bits per heavy atom. The summed E-state index contributed by atoms with van der Waals surface area (Å²) < 4.78 is 9.48. The molecule has 5 amide bonds. The lowest BCUT2D eigenvalue weighted by molar-refractivity contribution is -0.147. The highest BCUT2D eigenvalue weighted by atomic mass is 32.1. The number of likely N-dealkylation sites (tertiary alicyclic amines) is 1. The standard InChI is InChI=1S/C25H42N6O9S/c1-13(2)9-14(28-19(33)11-26)22(36)31-8-6-7-17(31)21(35)30-16(12-41)20(34)29-15(10-18(27)32)23(37)39-24(38)40-25(3,4)5/h13-17,41H,6-12,26H2,1-5H3,(H2,27,32)(H,28,33)(H,29,34)(H,30,35)/t14-,15+,16-,17+/m1/s1. The second-order valence-electron chi connectivity index (χ2n) is 11.0. The molecular formula is C25H42N6O9S. The third kappa shape index (κ3) is 12.3. The molecule has 0 bridgehead atoms. The number of hydrogen-bond donors (Lipinski definition) is 6. The van der Waals surface area contributed by atoms with Gasteiger partial charge in [0.25, 0.3) is 0 Å². The molecule has 1 saturated heterocycles. The van der Waals surface area contributed by atoms with Crippen molar-refractivity contribution in [2.45, 2.75) is 90.1 Å². The van der Waals surface area contributed by atoms with Gasteiger partial charge in [0, 0.05) is 12.3 Å². The number of nitrogens with one attached hydrogen (secondary N) is 3. The fraction of sp³-hybridized carbons (Fsp3) is 0.720. The molecule has 1 aliphatic heterocycles. The molecule has 15 nitrogen and oxygen atoms in total. The van der Waals surface area contributed by atoms with E-state index in [2.05, 4.69) is 33.3 Å². The van der Waals surface area contributed by atoms with Crippen LogP contribution in [-0.4, -0.2) is 95.2 Å². The van der Waals surface area contributed by atoms with E-state index in [-0.39, 0.29) is 24.8 Å². The van der Waals surface area contributed by atoms with Gasteiger partial charge in [-0.3, -0.25) is 24.0 Å². The van der Waals surface area contributed by atoms with Crippen LogP contribution in [0.5, 0.6) is 0 Å². The van der Waals surface area contributed by atoms with Gasteiger partial charge in [0.2, 0.25) is 29.5 Å². The molecule has 0 spiro atoms. The Kier molecular flexibility index (Phi) is 14.0. The van der Waals surface area contributed by atoms with E-state index in [9.17, 15) is 33.6 Å². The summed E-state index contributed by atoms with van der Waals surface area (Å²) in [7, 11) is 0. The van der Waals surface area contributed by atoms with Crippen LogP contribution in [0.15, 0.2) is 0 Å². The Balaban J connectivity index is 2.97. The van der Waals surface area contributed by atoms with E-state index in [4.69, 9.17) is 16.2 Å². The molecule has 232 valence electrons. The van der Waals surface area contributed by atoms with E-state index in [1.54, 1.807) is 20.8 Å². The topological polar surface area (TPSA) is 229 Å². The molecule has 1 heterocycles. The molecule has 0 radical (unpaired) electrons. The molecule has 0 unspecified atom stereocenters. The fourth-order valence-corrected chi connectivity index (χ4v) is 4.26. The van der Waals surface area contributed by atoms with Crippen LogP contribution in [0.1, 0.15) is 60.3 Å². The minimum absolute atomic E-state index is 0.0597. The van der Waals surface area contributed by atoms with Crippen LogP contribution < -0.4 is 27.4 Å². The molecule has 1 fully saturated rings. The highest BCUT2D eigenvalue weighted by Gasteiger charge is 2.39. The van der Waals surface area contributed by atoms with Crippen molar-refractivity contribution < 1.29 is 43.0 Å². The molecule has 16 heteroatoms. The van der Waals surface area contributed by atoms with Gasteiger partial charge in [-0.25, -0.2) is 9.59 Å². The van der Waals surface area contributed by atoms with Crippen LogP contribution in [0.2, 0.25) is 0 Å². The van der Waals surface area contributed by atoms with Crippen molar-refractivity contribution in [2.75, 3.05) is 18.8 Å². The fourth-order valence-electron chi connectivity index (χ4n) is 4.00. The summed E-state index contributed by atoms with van der Waals surface area (Å²) in [5.41, 5.74) is 9.59. The maximum absolute atomic E-state index is 13.3. The highest BCUT2D eigenvalue weighted by molar-refractivity contribution is 7.80. The summed E-state index contributed by atoms with van der Waals surface area (Å²) in [5.74, 6) is -4.94. The van der Waals surface area contributed by atoms with Gasteiger partial charge in [-0.1, -0.05) is 13.8 Å². The zero-order valence-electron chi connectivity index (χ0n) is 24.1. The Bertz CT molecular complexity index is 1000. The van der Waals surface area contributed by atoms with Gasteiger partial charge in [-0.15, -0.1) is 0 Å². The maximum Gasteiger partial charge on any atom is 0.516 e. The van der Waals surface area contributed by atoms with Crippen LogP contribution in [0.25, 0.3) is 0 Å². The first-order valence-corrected chi connectivity index (χ1v) is 13.9. The normalized spacial score (nSPS) is 17.2. The number of carbonyl (C=O) groups excluding carboxylic acids is 7. The van der Waals surface area contributed by atoms with Crippen molar-refractivity contribution in [1.82, 2.24) is 20.9 Å². The Morgan fingerprint density at radius 2 is 1.63 bits per heavy atom. The smallest absolute Gasteiger partial charge is 0.428 e. The summed E-state index contributed by atoms with van der Waals surface area (Å²) in [4.78, 5) is 88.5. The third-order valence-electron chi connectivity index (χ3n) is 5.76. The van der Waals surface area contributed by atoms with Crippen LogP contribution in [0.4, 0.5) is 4.79 Å². The Labute approximate surface area is 244 Å². The number of nitrogens with two attached hydrogens (primary N) is 2. The number of rotatable bonds is 13. The van der Waals surface area contributed by atoms with E-state index in [1.807, 2.05) is 13.8 Å². The average Bonchev–Trinajstić information content (AvgIpc) is 3.34. The largest absolute Gasteiger partial charge is 0.516 e. The zero-order chi connectivity index (χ0) is 31.5. The van der Waals surface area contributed by atoms with Crippen molar-refractivity contribution in [3.8, 4) is 0 Å². The predicted octanol–water partition coefficient (Wildman–Crippen LogP) is -1.28. The maximum atomic E-state index is 13.3. The van der Waals surface area contributed by atoms with E-state index in [0.29, 0.717) is 19.3 Å². The van der Waals surface area contributed by atoms with E-state index in [1.165, 1.54) is 4.90 Å². The molecule has 0 aromatic carbocycles. The van der Waals surface area contributed by atoms with Crippen molar-refractivity contribution in [2.24, 2.45) is 17.4 Å². The summed E-state index contributed by atoms with van der Waals surface area (Å²) >= 11 is 4.10. The molecular weight excluding hydrogens is 560 g/mol. The Hall–Kier alpha value is -3.40. The molecule has 0 aliphatic carbocycles. The summed E-state index contributed by atoms with van der Waals surface area (Å²) in [6.07, 6.45) is -0.883. The molecule has 0 saturated carbocycles. The van der Waals surface area contributed by atoms with Crippen molar-refractivity contribution >= 4 is 54.3 Å². The third-order valence-corrected chi connectivity index (χ3v) is 6.12. The second-order valence-corrected chi connectivity index (χ2v) is 11.4. The molecule has 0 aromatic rings. The number of ether oxygens (including phenoxy) is 2. The van der Waals surface area contributed by atoms with Gasteiger partial charge in [0.05, 0.1) is 13.0 Å². The Morgan fingerprint density at radius 3 is 2.15 bits per heavy atom. The molecule has 7 N–H and O–H groups in total. The van der Waals surface area contributed by atoms with E-state index < -0.39 is 77.8 Å². The molecule has 1 aliphatic rings. The number of nitrogens with zero attached hydrogens (tertiary/aromatic N) is 1. The van der Waals surface area contributed by atoms with Crippen molar-refractivity contribution in [1.29, 1.82) is 0 Å². The minimum Gasteiger partial charge on any atom is -0.428 e. The zero-order valence-corrected chi connectivity index (χ0v) is 25.0. The highest BCUT2D eigenvalue weighted by Crippen LogP contribution is 2.21. The molecule has 0 aromatic heterocycles. The monoisotopic (exact) mass is 602 g/mol. The molecule has 41 heavy (non-hydrogen) atoms. The summed E-state index contributed by atoms with van der Waals surface area (Å²) in [6.45, 7) is 8.36. The van der Waals surface area contributed by atoms with Gasteiger partial charge < -0.3 is 41.8 Å². The van der Waals surface area contributed by atoms with Crippen LogP contribution in [0, 0.1) is 5.92 Å².